The van der Waals surface area contributed by atoms with Crippen molar-refractivity contribution in [3.05, 3.63) is 35.5 Å². The maximum absolute atomic E-state index is 13.8. The van der Waals surface area contributed by atoms with E-state index >= 15 is 0 Å². The molecule has 1 aromatic rings. The topological polar surface area (TPSA) is 29.5 Å². The number of rotatable bonds is 5. The number of aliphatic hydroxyl groups is 1. The molecule has 1 N–H and O–H groups in total. The zero-order chi connectivity index (χ0) is 11.3. The molecule has 1 radical (unpaired) electrons. The summed E-state index contributed by atoms with van der Waals surface area (Å²) in [5.74, 6) is 0.467. The molecule has 0 bridgehead atoms. The van der Waals surface area contributed by atoms with Crippen molar-refractivity contribution in [2.45, 2.75) is 20.3 Å². The summed E-state index contributed by atoms with van der Waals surface area (Å²) in [4.78, 5) is 0. The Hall–Kier alpha value is -1.09. The predicted molar refractivity (Wildman–Crippen MR) is 57.3 cm³/mol. The Morgan fingerprint density at radius 3 is 2.80 bits per heavy atom. The third-order valence-electron chi connectivity index (χ3n) is 2.12. The van der Waals surface area contributed by atoms with Gasteiger partial charge in [0.25, 0.3) is 0 Å². The summed E-state index contributed by atoms with van der Waals surface area (Å²) in [5, 5.41) is 8.94. The molecule has 0 saturated carbocycles. The zero-order valence-electron chi connectivity index (χ0n) is 9.09. The number of benzene rings is 1. The summed E-state index contributed by atoms with van der Waals surface area (Å²) in [7, 11) is 0. The van der Waals surface area contributed by atoms with Gasteiger partial charge in [0.05, 0.1) is 13.2 Å². The molecule has 0 aliphatic carbocycles. The quantitative estimate of drug-likeness (QED) is 0.811. The van der Waals surface area contributed by atoms with Crippen molar-refractivity contribution < 1.29 is 14.2 Å². The van der Waals surface area contributed by atoms with Crippen LogP contribution in [0.25, 0.3) is 0 Å². The smallest absolute Gasteiger partial charge is 0.168 e. The van der Waals surface area contributed by atoms with E-state index in [0.717, 1.165) is 6.42 Å². The third-order valence-corrected chi connectivity index (χ3v) is 2.12. The summed E-state index contributed by atoms with van der Waals surface area (Å²) in [6, 6.07) is 4.96. The van der Waals surface area contributed by atoms with Crippen molar-refractivity contribution in [3.63, 3.8) is 0 Å². The molecule has 0 fully saturated rings. The van der Waals surface area contributed by atoms with E-state index < -0.39 is 5.82 Å². The molecule has 2 nitrogen and oxygen atoms in total. The van der Waals surface area contributed by atoms with Crippen molar-refractivity contribution >= 4 is 0 Å². The van der Waals surface area contributed by atoms with Gasteiger partial charge in [-0.2, -0.15) is 0 Å². The summed E-state index contributed by atoms with van der Waals surface area (Å²) in [6.45, 7) is 4.02. The fourth-order valence-electron chi connectivity index (χ4n) is 1.25. The van der Waals surface area contributed by atoms with Gasteiger partial charge in [0.1, 0.15) is 0 Å². The minimum atomic E-state index is -0.391. The van der Waals surface area contributed by atoms with Gasteiger partial charge in [-0.15, -0.1) is 0 Å². The average molecular weight is 211 g/mol. The van der Waals surface area contributed by atoms with Gasteiger partial charge in [0.2, 0.25) is 0 Å². The van der Waals surface area contributed by atoms with E-state index in [2.05, 4.69) is 0 Å². The van der Waals surface area contributed by atoms with Crippen LogP contribution in [0, 0.1) is 11.7 Å². The zero-order valence-corrected chi connectivity index (χ0v) is 9.09. The number of aliphatic hydroxyl groups excluding tert-OH is 1. The number of hydrogen-bond donors (Lipinski definition) is 1. The van der Waals surface area contributed by atoms with Gasteiger partial charge in [-0.1, -0.05) is 26.0 Å². The molecule has 83 valence electrons. The van der Waals surface area contributed by atoms with Crippen LogP contribution in [0.2, 0.25) is 0 Å². The summed E-state index contributed by atoms with van der Waals surface area (Å²) in [5.41, 5.74) is 0.422. The summed E-state index contributed by atoms with van der Waals surface area (Å²) in [6.07, 6.45) is 0.840. The van der Waals surface area contributed by atoms with E-state index in [4.69, 9.17) is 9.84 Å². The predicted octanol–water partition coefficient (Wildman–Crippen LogP) is 2.55. The average Bonchev–Trinajstić information content (AvgIpc) is 2.27. The minimum absolute atomic E-state index is 0.145. The molecule has 3 heteroatoms. The molecule has 0 saturated heterocycles. The second kappa shape index (κ2) is 5.71. The van der Waals surface area contributed by atoms with Crippen molar-refractivity contribution in [3.8, 4) is 5.75 Å². The number of hydrogen-bond acceptors (Lipinski definition) is 2. The Labute approximate surface area is 89.7 Å². The summed E-state index contributed by atoms with van der Waals surface area (Å²) >= 11 is 0. The lowest BCUT2D eigenvalue weighted by molar-refractivity contribution is 0.296. The Kier molecular flexibility index (Phi) is 4.56. The van der Waals surface area contributed by atoms with Crippen LogP contribution in [0.4, 0.5) is 4.39 Å². The molecule has 0 amide bonds. The third kappa shape index (κ3) is 2.93. The number of ether oxygens (including phenoxy) is 1. The Bertz CT molecular complexity index is 312. The lowest BCUT2D eigenvalue weighted by atomic mass is 10.0. The second-order valence-corrected chi connectivity index (χ2v) is 3.40. The summed E-state index contributed by atoms with van der Waals surface area (Å²) < 4.78 is 19.0. The molecular weight excluding hydrogens is 195 g/mol. The van der Waals surface area contributed by atoms with Gasteiger partial charge < -0.3 is 9.84 Å². The largest absolute Gasteiger partial charge is 0.491 e. The highest BCUT2D eigenvalue weighted by atomic mass is 19.1. The van der Waals surface area contributed by atoms with Crippen LogP contribution in [0.15, 0.2) is 18.2 Å². The van der Waals surface area contributed by atoms with Crippen LogP contribution in [-0.2, 0) is 0 Å². The maximum atomic E-state index is 13.8. The molecule has 0 unspecified atom stereocenters. The molecule has 0 heterocycles. The van der Waals surface area contributed by atoms with Gasteiger partial charge in [-0.3, -0.25) is 0 Å². The highest BCUT2D eigenvalue weighted by Gasteiger charge is 2.14. The van der Waals surface area contributed by atoms with Crippen molar-refractivity contribution in [1.82, 2.24) is 0 Å². The molecular formula is C12H16FO2. The van der Waals surface area contributed by atoms with Crippen LogP contribution in [0.3, 0.4) is 0 Å². The minimum Gasteiger partial charge on any atom is -0.491 e. The molecule has 15 heavy (non-hydrogen) atoms. The second-order valence-electron chi connectivity index (χ2n) is 3.40. The first kappa shape index (κ1) is 12.0. The van der Waals surface area contributed by atoms with Gasteiger partial charge in [-0.05, 0) is 12.5 Å². The van der Waals surface area contributed by atoms with Crippen molar-refractivity contribution in [1.29, 1.82) is 0 Å². The fourth-order valence-corrected chi connectivity index (χ4v) is 1.25. The van der Waals surface area contributed by atoms with E-state index in [1.807, 2.05) is 6.92 Å². The van der Waals surface area contributed by atoms with E-state index in [0.29, 0.717) is 18.1 Å². The Balaban J connectivity index is 2.90. The van der Waals surface area contributed by atoms with Gasteiger partial charge >= 0.3 is 0 Å². The van der Waals surface area contributed by atoms with Gasteiger partial charge in [-0.25, -0.2) is 4.39 Å². The van der Waals surface area contributed by atoms with E-state index in [1.54, 1.807) is 25.1 Å². The first-order chi connectivity index (χ1) is 7.20. The standard InChI is InChI=1S/C12H16FO2/c1-3-7-15-11-6-4-5-10(12(11)13)9(2)8-14/h4-6,14H,3,7-8H2,1-2H3. The first-order valence-electron chi connectivity index (χ1n) is 5.05. The van der Waals surface area contributed by atoms with Crippen LogP contribution in [0.1, 0.15) is 25.8 Å². The van der Waals surface area contributed by atoms with Gasteiger partial charge in [0, 0.05) is 11.5 Å². The fraction of sp³-hybridized carbons (Fsp3) is 0.417. The molecule has 0 spiro atoms. The van der Waals surface area contributed by atoms with Crippen LogP contribution in [-0.4, -0.2) is 18.3 Å². The normalized spacial score (nSPS) is 10.7. The Morgan fingerprint density at radius 1 is 1.47 bits per heavy atom. The molecule has 0 aromatic heterocycles. The van der Waals surface area contributed by atoms with E-state index in [-0.39, 0.29) is 12.4 Å². The monoisotopic (exact) mass is 211 g/mol. The number of halogens is 1. The highest BCUT2D eigenvalue weighted by molar-refractivity contribution is 5.38. The van der Waals surface area contributed by atoms with Crippen molar-refractivity contribution in [2.24, 2.45) is 0 Å². The van der Waals surface area contributed by atoms with E-state index in [1.165, 1.54) is 0 Å². The first-order valence-corrected chi connectivity index (χ1v) is 5.05. The molecule has 1 aromatic carbocycles. The van der Waals surface area contributed by atoms with Crippen LogP contribution < -0.4 is 4.74 Å². The van der Waals surface area contributed by atoms with Crippen LogP contribution >= 0.6 is 0 Å². The molecule has 0 aliphatic rings. The molecule has 0 atom stereocenters. The SMILES string of the molecule is CCCOc1cccc([C](C)CO)c1F. The highest BCUT2D eigenvalue weighted by Crippen LogP contribution is 2.25. The Morgan fingerprint density at radius 2 is 2.20 bits per heavy atom. The van der Waals surface area contributed by atoms with Crippen LogP contribution in [0.5, 0.6) is 5.75 Å². The lowest BCUT2D eigenvalue weighted by Gasteiger charge is -2.12. The van der Waals surface area contributed by atoms with Gasteiger partial charge in [0.15, 0.2) is 11.6 Å². The maximum Gasteiger partial charge on any atom is 0.168 e. The van der Waals surface area contributed by atoms with E-state index in [9.17, 15) is 4.39 Å². The molecule has 1 rings (SSSR count). The van der Waals surface area contributed by atoms with Crippen molar-refractivity contribution in [2.75, 3.05) is 13.2 Å². The lowest BCUT2D eigenvalue weighted by Crippen LogP contribution is -2.05. The molecule has 0 aliphatic heterocycles.